The first-order valence-electron chi connectivity index (χ1n) is 6.51. The van der Waals surface area contributed by atoms with Gasteiger partial charge in [-0.05, 0) is 30.3 Å². The zero-order valence-corrected chi connectivity index (χ0v) is 12.3. The lowest BCUT2D eigenvalue weighted by atomic mass is 10.2. The zero-order chi connectivity index (χ0) is 15.2. The molecule has 0 atom stereocenters. The number of aromatic nitrogens is 2. The van der Waals surface area contributed by atoms with Crippen molar-refractivity contribution < 1.29 is 9.37 Å². The normalized spacial score (nSPS) is 9.86. The van der Waals surface area contributed by atoms with E-state index in [0.29, 0.717) is 11.4 Å². The predicted molar refractivity (Wildman–Crippen MR) is 82.8 cm³/mol. The van der Waals surface area contributed by atoms with Crippen molar-refractivity contribution in [1.82, 2.24) is 9.97 Å². The molecule has 0 bridgehead atoms. The molecule has 0 aliphatic carbocycles. The third-order valence-corrected chi connectivity index (χ3v) is 2.95. The molecule has 6 heteroatoms. The van der Waals surface area contributed by atoms with Crippen LogP contribution in [-0.4, -0.2) is 40.4 Å². The molecule has 0 spiro atoms. The summed E-state index contributed by atoms with van der Waals surface area (Å²) >= 11 is 0. The minimum atomic E-state index is -0.255. The Hall–Kier alpha value is -2.76. The third-order valence-electron chi connectivity index (χ3n) is 2.95. The number of rotatable bonds is 3. The molecule has 108 valence electrons. The van der Waals surface area contributed by atoms with Crippen molar-refractivity contribution in [3.8, 4) is 0 Å². The Morgan fingerprint density at radius 1 is 1.05 bits per heavy atom. The fraction of sp³-hybridized carbons (Fsp3) is 0.200. The Balaban J connectivity index is 2.03. The van der Waals surface area contributed by atoms with Crippen LogP contribution >= 0.6 is 0 Å². The summed E-state index contributed by atoms with van der Waals surface area (Å²) in [7, 11) is 3.94. The van der Waals surface area contributed by atoms with E-state index in [-0.39, 0.29) is 5.91 Å². The summed E-state index contributed by atoms with van der Waals surface area (Å²) in [4.78, 5) is 19.6. The van der Waals surface area contributed by atoms with E-state index in [4.69, 9.17) is 0 Å². The lowest BCUT2D eigenvalue weighted by Gasteiger charge is -2.05. The maximum absolute atomic E-state index is 11.9. The molecule has 0 saturated carbocycles. The van der Waals surface area contributed by atoms with Gasteiger partial charge >= 0.3 is 0 Å². The highest BCUT2D eigenvalue weighted by molar-refractivity contribution is 6.02. The number of amidine groups is 1. The van der Waals surface area contributed by atoms with Crippen molar-refractivity contribution in [2.45, 2.75) is 6.92 Å². The summed E-state index contributed by atoms with van der Waals surface area (Å²) in [5.74, 6) is 0.780. The highest BCUT2D eigenvalue weighted by atomic mass is 16.1. The fourth-order valence-electron chi connectivity index (χ4n) is 1.58. The van der Waals surface area contributed by atoms with Gasteiger partial charge < -0.3 is 5.32 Å². The van der Waals surface area contributed by atoms with Crippen molar-refractivity contribution in [1.29, 1.82) is 0 Å². The van der Waals surface area contributed by atoms with Gasteiger partial charge in [-0.1, -0.05) is 0 Å². The molecule has 0 saturated heterocycles. The number of benzene rings is 1. The van der Waals surface area contributed by atoms with Gasteiger partial charge in [0.15, 0.2) is 0 Å². The van der Waals surface area contributed by atoms with Crippen LogP contribution in [0.5, 0.6) is 0 Å². The number of amides is 1. The maximum atomic E-state index is 11.9. The SMILES string of the molecule is CC(Nc1ccc(NC(=O)c2ccncn2)cc1)=[N+](C)C. The van der Waals surface area contributed by atoms with Crippen molar-refractivity contribution in [3.05, 3.63) is 48.5 Å². The van der Waals surface area contributed by atoms with Gasteiger partial charge in [-0.3, -0.25) is 9.37 Å². The van der Waals surface area contributed by atoms with Crippen LogP contribution in [0.4, 0.5) is 11.4 Å². The number of hydrogen-bond donors (Lipinski definition) is 2. The van der Waals surface area contributed by atoms with Crippen LogP contribution in [0.25, 0.3) is 0 Å². The monoisotopic (exact) mass is 284 g/mol. The van der Waals surface area contributed by atoms with Gasteiger partial charge in [-0.25, -0.2) is 15.3 Å². The van der Waals surface area contributed by atoms with E-state index in [0.717, 1.165) is 11.5 Å². The molecule has 0 radical (unpaired) electrons. The first-order chi connectivity index (χ1) is 10.1. The Labute approximate surface area is 123 Å². The second-order valence-electron chi connectivity index (χ2n) is 4.73. The van der Waals surface area contributed by atoms with Crippen LogP contribution in [0.2, 0.25) is 0 Å². The second-order valence-corrected chi connectivity index (χ2v) is 4.73. The van der Waals surface area contributed by atoms with Crippen LogP contribution in [0.15, 0.2) is 42.9 Å². The van der Waals surface area contributed by atoms with Gasteiger partial charge in [0, 0.05) is 18.8 Å². The Bertz CT molecular complexity index is 646. The van der Waals surface area contributed by atoms with Crippen LogP contribution in [-0.2, 0) is 0 Å². The minimum Gasteiger partial charge on any atom is -0.321 e. The highest BCUT2D eigenvalue weighted by Crippen LogP contribution is 2.14. The van der Waals surface area contributed by atoms with Crippen LogP contribution < -0.4 is 10.6 Å². The molecule has 21 heavy (non-hydrogen) atoms. The van der Waals surface area contributed by atoms with Gasteiger partial charge in [-0.15, -0.1) is 0 Å². The predicted octanol–water partition coefficient (Wildman–Crippen LogP) is 1.83. The first-order valence-corrected chi connectivity index (χ1v) is 6.51. The number of carbonyl (C=O) groups excluding carboxylic acids is 1. The summed E-state index contributed by atoms with van der Waals surface area (Å²) < 4.78 is 1.99. The lowest BCUT2D eigenvalue weighted by Crippen LogP contribution is -2.18. The van der Waals surface area contributed by atoms with E-state index in [1.807, 2.05) is 49.9 Å². The molecular weight excluding hydrogens is 266 g/mol. The number of nitrogens with zero attached hydrogens (tertiary/aromatic N) is 3. The molecule has 0 fully saturated rings. The third kappa shape index (κ3) is 4.10. The molecule has 1 aromatic carbocycles. The van der Waals surface area contributed by atoms with Gasteiger partial charge in [0.2, 0.25) is 5.84 Å². The molecule has 1 heterocycles. The molecular formula is C15H18N5O+. The van der Waals surface area contributed by atoms with Crippen LogP contribution in [0, 0.1) is 0 Å². The molecule has 0 aliphatic rings. The summed E-state index contributed by atoms with van der Waals surface area (Å²) in [6.07, 6.45) is 2.89. The molecule has 1 aromatic heterocycles. The van der Waals surface area contributed by atoms with Gasteiger partial charge in [0.1, 0.15) is 17.7 Å². The van der Waals surface area contributed by atoms with Gasteiger partial charge in [0.05, 0.1) is 14.1 Å². The lowest BCUT2D eigenvalue weighted by molar-refractivity contribution is -0.464. The number of nitrogens with one attached hydrogen (secondary N) is 2. The van der Waals surface area contributed by atoms with E-state index in [1.54, 1.807) is 6.07 Å². The smallest absolute Gasteiger partial charge is 0.274 e. The first kappa shape index (κ1) is 14.6. The number of carbonyl (C=O) groups is 1. The van der Waals surface area contributed by atoms with E-state index < -0.39 is 0 Å². The average molecular weight is 284 g/mol. The van der Waals surface area contributed by atoms with Crippen LogP contribution in [0.1, 0.15) is 17.4 Å². The fourth-order valence-corrected chi connectivity index (χ4v) is 1.58. The van der Waals surface area contributed by atoms with E-state index >= 15 is 0 Å². The quantitative estimate of drug-likeness (QED) is 0.512. The van der Waals surface area contributed by atoms with E-state index in [2.05, 4.69) is 20.6 Å². The topological polar surface area (TPSA) is 69.9 Å². The van der Waals surface area contributed by atoms with E-state index in [9.17, 15) is 4.79 Å². The molecule has 2 N–H and O–H groups in total. The summed E-state index contributed by atoms with van der Waals surface area (Å²) in [5, 5.41) is 6.05. The summed E-state index contributed by atoms with van der Waals surface area (Å²) in [6, 6.07) is 9.06. The zero-order valence-electron chi connectivity index (χ0n) is 12.3. The molecule has 0 unspecified atom stereocenters. The highest BCUT2D eigenvalue weighted by Gasteiger charge is 2.08. The van der Waals surface area contributed by atoms with Gasteiger partial charge in [0.25, 0.3) is 5.91 Å². The standard InChI is InChI=1S/C15H17N5O/c1-11(20(2)3)18-12-4-6-13(7-5-12)19-15(21)14-8-9-16-10-17-14/h4-10H,1-3H3,(H,19,21)/p+1. The Kier molecular flexibility index (Phi) is 4.61. The van der Waals surface area contributed by atoms with E-state index in [1.165, 1.54) is 12.5 Å². The number of hydrogen-bond acceptors (Lipinski definition) is 3. The molecule has 6 nitrogen and oxygen atoms in total. The molecule has 0 aliphatic heterocycles. The second kappa shape index (κ2) is 6.60. The van der Waals surface area contributed by atoms with Gasteiger partial charge in [-0.2, -0.15) is 0 Å². The summed E-state index contributed by atoms with van der Waals surface area (Å²) in [5.41, 5.74) is 2.01. The molecule has 2 rings (SSSR count). The minimum absolute atomic E-state index is 0.255. The number of anilines is 2. The Morgan fingerprint density at radius 2 is 1.67 bits per heavy atom. The average Bonchev–Trinajstić information content (AvgIpc) is 2.50. The maximum Gasteiger partial charge on any atom is 0.274 e. The van der Waals surface area contributed by atoms with Crippen molar-refractivity contribution in [2.75, 3.05) is 24.7 Å². The molecule has 1 amide bonds. The van der Waals surface area contributed by atoms with Crippen LogP contribution in [0.3, 0.4) is 0 Å². The summed E-state index contributed by atoms with van der Waals surface area (Å²) in [6.45, 7) is 1.99. The van der Waals surface area contributed by atoms with Crippen molar-refractivity contribution in [2.24, 2.45) is 0 Å². The van der Waals surface area contributed by atoms with Crippen molar-refractivity contribution >= 4 is 23.1 Å². The largest absolute Gasteiger partial charge is 0.321 e. The molecule has 2 aromatic rings. The Morgan fingerprint density at radius 3 is 2.19 bits per heavy atom. The van der Waals surface area contributed by atoms with Crippen molar-refractivity contribution in [3.63, 3.8) is 0 Å².